The Kier molecular flexibility index (Phi) is 4.23. The Bertz CT molecular complexity index is 680. The lowest BCUT2D eigenvalue weighted by atomic mass is 10.1. The van der Waals surface area contributed by atoms with Gasteiger partial charge in [-0.25, -0.2) is 0 Å². The molecule has 0 aromatic heterocycles. The van der Waals surface area contributed by atoms with Crippen molar-refractivity contribution in [3.8, 4) is 11.5 Å². The van der Waals surface area contributed by atoms with Crippen molar-refractivity contribution in [2.24, 2.45) is 0 Å². The second-order valence-corrected chi connectivity index (χ2v) is 4.96. The summed E-state index contributed by atoms with van der Waals surface area (Å²) >= 11 is 0. The third-order valence-electron chi connectivity index (χ3n) is 3.44. The fourth-order valence-electron chi connectivity index (χ4n) is 1.98. The lowest BCUT2D eigenvalue weighted by molar-refractivity contribution is -0.385. The molecule has 2 aromatic rings. The number of nitro benzene ring substituents is 1. The van der Waals surface area contributed by atoms with Crippen LogP contribution in [-0.4, -0.2) is 10.0 Å². The monoisotopic (exact) mass is 287 g/mol. The highest BCUT2D eigenvalue weighted by Gasteiger charge is 2.19. The van der Waals surface area contributed by atoms with Crippen LogP contribution in [0.2, 0.25) is 0 Å². The molecule has 0 spiro atoms. The highest BCUT2D eigenvalue weighted by atomic mass is 16.6. The van der Waals surface area contributed by atoms with Gasteiger partial charge in [0.25, 0.3) is 0 Å². The van der Waals surface area contributed by atoms with Crippen LogP contribution in [0.3, 0.4) is 0 Å². The zero-order chi connectivity index (χ0) is 15.6. The molecule has 0 saturated carbocycles. The van der Waals surface area contributed by atoms with E-state index in [1.807, 2.05) is 26.0 Å². The molecule has 1 N–H and O–H groups in total. The van der Waals surface area contributed by atoms with E-state index in [0.717, 1.165) is 11.1 Å². The van der Waals surface area contributed by atoms with Gasteiger partial charge in [0.05, 0.1) is 11.0 Å². The predicted molar refractivity (Wildman–Crippen MR) is 79.7 cm³/mol. The number of rotatable bonds is 4. The van der Waals surface area contributed by atoms with Gasteiger partial charge < -0.3 is 9.84 Å². The zero-order valence-corrected chi connectivity index (χ0v) is 12.2. The minimum atomic E-state index is -0.765. The van der Waals surface area contributed by atoms with Crippen LogP contribution in [0.1, 0.15) is 29.7 Å². The first kappa shape index (κ1) is 15.0. The lowest BCUT2D eigenvalue weighted by Crippen LogP contribution is -1.98. The van der Waals surface area contributed by atoms with Crippen molar-refractivity contribution in [2.75, 3.05) is 0 Å². The molecule has 0 aliphatic heterocycles. The first-order valence-electron chi connectivity index (χ1n) is 6.60. The normalized spacial score (nSPS) is 12.0. The Morgan fingerprint density at radius 3 is 2.52 bits per heavy atom. The van der Waals surface area contributed by atoms with E-state index in [4.69, 9.17) is 4.74 Å². The summed E-state index contributed by atoms with van der Waals surface area (Å²) in [5.74, 6) is 0.751. The molecule has 0 saturated heterocycles. The number of aryl methyl sites for hydroxylation is 1. The van der Waals surface area contributed by atoms with Gasteiger partial charge in [0, 0.05) is 6.07 Å². The summed E-state index contributed by atoms with van der Waals surface area (Å²) in [5.41, 5.74) is 2.31. The quantitative estimate of drug-likeness (QED) is 0.680. The maximum atomic E-state index is 11.2. The average Bonchev–Trinajstić information content (AvgIpc) is 2.43. The van der Waals surface area contributed by atoms with Gasteiger partial charge in [0.15, 0.2) is 0 Å². The number of aliphatic hydroxyl groups is 1. The van der Waals surface area contributed by atoms with Gasteiger partial charge in [0.2, 0.25) is 5.75 Å². The van der Waals surface area contributed by atoms with Gasteiger partial charge in [-0.05, 0) is 49.6 Å². The number of hydrogen-bond acceptors (Lipinski definition) is 4. The number of nitro groups is 1. The number of benzene rings is 2. The molecule has 0 bridgehead atoms. The van der Waals surface area contributed by atoms with E-state index in [0.29, 0.717) is 11.3 Å². The largest absolute Gasteiger partial charge is 0.450 e. The van der Waals surface area contributed by atoms with Crippen LogP contribution in [0.4, 0.5) is 5.69 Å². The minimum Gasteiger partial charge on any atom is -0.450 e. The zero-order valence-electron chi connectivity index (χ0n) is 12.2. The van der Waals surface area contributed by atoms with Crippen LogP contribution in [0.15, 0.2) is 36.4 Å². The fraction of sp³-hybridized carbons (Fsp3) is 0.250. The first-order chi connectivity index (χ1) is 9.90. The molecule has 0 amide bonds. The van der Waals surface area contributed by atoms with E-state index in [2.05, 4.69) is 0 Å². The highest BCUT2D eigenvalue weighted by molar-refractivity contribution is 5.52. The van der Waals surface area contributed by atoms with Gasteiger partial charge in [-0.2, -0.15) is 0 Å². The highest BCUT2D eigenvalue weighted by Crippen LogP contribution is 2.35. The SMILES string of the molecule is Cc1cccc(Oc2ccc([C@H](C)O)cc2[N+](=O)[O-])c1C. The van der Waals surface area contributed by atoms with Crippen molar-refractivity contribution >= 4 is 5.69 Å². The summed E-state index contributed by atoms with van der Waals surface area (Å²) in [5, 5.41) is 20.7. The van der Waals surface area contributed by atoms with Crippen molar-refractivity contribution in [3.05, 3.63) is 63.2 Å². The molecule has 2 aromatic carbocycles. The van der Waals surface area contributed by atoms with Crippen molar-refractivity contribution in [1.82, 2.24) is 0 Å². The fourth-order valence-corrected chi connectivity index (χ4v) is 1.98. The molecule has 5 heteroatoms. The molecule has 21 heavy (non-hydrogen) atoms. The molecule has 0 aliphatic carbocycles. The lowest BCUT2D eigenvalue weighted by Gasteiger charge is -2.12. The van der Waals surface area contributed by atoms with E-state index in [-0.39, 0.29) is 11.4 Å². The second-order valence-electron chi connectivity index (χ2n) is 4.96. The Morgan fingerprint density at radius 2 is 1.90 bits per heavy atom. The molecule has 0 aliphatic rings. The predicted octanol–water partition coefficient (Wildman–Crippen LogP) is 4.06. The first-order valence-corrected chi connectivity index (χ1v) is 6.60. The minimum absolute atomic E-state index is 0.158. The van der Waals surface area contributed by atoms with E-state index >= 15 is 0 Å². The maximum Gasteiger partial charge on any atom is 0.311 e. The Balaban J connectivity index is 2.44. The molecule has 5 nitrogen and oxygen atoms in total. The Morgan fingerprint density at radius 1 is 1.19 bits per heavy atom. The van der Waals surface area contributed by atoms with Gasteiger partial charge in [0.1, 0.15) is 5.75 Å². The summed E-state index contributed by atoms with van der Waals surface area (Å²) in [6.45, 7) is 5.41. The van der Waals surface area contributed by atoms with E-state index in [1.165, 1.54) is 12.1 Å². The molecule has 1 atom stereocenters. The second kappa shape index (κ2) is 5.93. The average molecular weight is 287 g/mol. The number of hydrogen-bond donors (Lipinski definition) is 1. The van der Waals surface area contributed by atoms with Crippen LogP contribution in [0, 0.1) is 24.0 Å². The molecular weight excluding hydrogens is 270 g/mol. The molecule has 0 heterocycles. The summed E-state index contributed by atoms with van der Waals surface area (Å²) in [6, 6.07) is 10.0. The van der Waals surface area contributed by atoms with Crippen LogP contribution in [0.5, 0.6) is 11.5 Å². The van der Waals surface area contributed by atoms with Gasteiger partial charge in [-0.3, -0.25) is 10.1 Å². The number of ether oxygens (including phenoxy) is 1. The van der Waals surface area contributed by atoms with E-state index in [1.54, 1.807) is 19.1 Å². The van der Waals surface area contributed by atoms with Gasteiger partial charge in [-0.1, -0.05) is 18.2 Å². The summed E-state index contributed by atoms with van der Waals surface area (Å²) < 4.78 is 5.69. The Hall–Kier alpha value is -2.40. The van der Waals surface area contributed by atoms with Crippen molar-refractivity contribution < 1.29 is 14.8 Å². The van der Waals surface area contributed by atoms with Crippen molar-refractivity contribution in [2.45, 2.75) is 26.9 Å². The molecule has 0 unspecified atom stereocenters. The number of nitrogens with zero attached hydrogens (tertiary/aromatic N) is 1. The molecule has 2 rings (SSSR count). The van der Waals surface area contributed by atoms with Crippen LogP contribution in [-0.2, 0) is 0 Å². The molecule has 0 radical (unpaired) electrons. The third kappa shape index (κ3) is 3.20. The summed E-state index contributed by atoms with van der Waals surface area (Å²) in [4.78, 5) is 10.7. The van der Waals surface area contributed by atoms with Crippen LogP contribution in [0.25, 0.3) is 0 Å². The van der Waals surface area contributed by atoms with E-state index < -0.39 is 11.0 Å². The van der Waals surface area contributed by atoms with Crippen LogP contribution < -0.4 is 4.74 Å². The van der Waals surface area contributed by atoms with Crippen molar-refractivity contribution in [1.29, 1.82) is 0 Å². The molecular formula is C16H17NO4. The Labute approximate surface area is 123 Å². The molecule has 0 fully saturated rings. The van der Waals surface area contributed by atoms with Crippen LogP contribution >= 0.6 is 0 Å². The van der Waals surface area contributed by atoms with Gasteiger partial charge in [-0.15, -0.1) is 0 Å². The smallest absolute Gasteiger partial charge is 0.311 e. The molecule has 110 valence electrons. The van der Waals surface area contributed by atoms with Crippen molar-refractivity contribution in [3.63, 3.8) is 0 Å². The van der Waals surface area contributed by atoms with Gasteiger partial charge >= 0.3 is 5.69 Å². The maximum absolute atomic E-state index is 11.2. The summed E-state index contributed by atoms with van der Waals surface area (Å²) in [7, 11) is 0. The summed E-state index contributed by atoms with van der Waals surface area (Å²) in [6.07, 6.45) is -0.765. The topological polar surface area (TPSA) is 72.6 Å². The third-order valence-corrected chi connectivity index (χ3v) is 3.44. The standard InChI is InChI=1S/C16H17NO4/c1-10-5-4-6-15(11(10)2)21-16-8-7-13(12(3)18)9-14(16)17(19)20/h4-9,12,18H,1-3H3/t12-/m0/s1. The van der Waals surface area contributed by atoms with E-state index in [9.17, 15) is 15.2 Å². The number of aliphatic hydroxyl groups excluding tert-OH is 1.